The Labute approximate surface area is 190 Å². The Bertz CT molecular complexity index is 918. The number of carbonyl (C=O) groups is 3. The van der Waals surface area contributed by atoms with Gasteiger partial charge in [-0.1, -0.05) is 49.9 Å². The Balaban J connectivity index is 1.57. The molecule has 32 heavy (non-hydrogen) atoms. The van der Waals surface area contributed by atoms with Crippen LogP contribution >= 0.6 is 0 Å². The molecule has 0 atom stereocenters. The number of rotatable bonds is 8. The fraction of sp³-hybridized carbons (Fsp3) is 0.500. The topological polar surface area (TPSA) is 81.7 Å². The molecule has 6 heteroatoms. The third-order valence-electron chi connectivity index (χ3n) is 6.36. The molecule has 0 aliphatic heterocycles. The number of Topliss-reactive ketones (excluding diaryl/α,β-unsaturated/α-hetero) is 2. The van der Waals surface area contributed by atoms with Crippen LogP contribution in [0.25, 0.3) is 0 Å². The highest BCUT2D eigenvalue weighted by Gasteiger charge is 2.34. The summed E-state index contributed by atoms with van der Waals surface area (Å²) in [5.74, 6) is -0.623. The number of benzene rings is 1. The van der Waals surface area contributed by atoms with Gasteiger partial charge in [-0.2, -0.15) is 0 Å². The summed E-state index contributed by atoms with van der Waals surface area (Å²) in [6.45, 7) is 1.64. The monoisotopic (exact) mass is 439 g/mol. The van der Waals surface area contributed by atoms with Gasteiger partial charge in [-0.3, -0.25) is 14.4 Å². The van der Waals surface area contributed by atoms with E-state index in [-0.39, 0.29) is 29.0 Å². The van der Waals surface area contributed by atoms with Crippen molar-refractivity contribution in [3.05, 3.63) is 58.1 Å². The van der Waals surface area contributed by atoms with E-state index in [2.05, 4.69) is 5.32 Å². The molecule has 0 heterocycles. The Hall–Kier alpha value is -2.89. The van der Waals surface area contributed by atoms with Crippen LogP contribution in [0.3, 0.4) is 0 Å². The van der Waals surface area contributed by atoms with Crippen molar-refractivity contribution < 1.29 is 23.9 Å². The van der Waals surface area contributed by atoms with Crippen LogP contribution in [-0.4, -0.2) is 37.7 Å². The lowest BCUT2D eigenvalue weighted by molar-refractivity contribution is -0.121. The van der Waals surface area contributed by atoms with E-state index in [0.717, 1.165) is 24.0 Å². The quantitative estimate of drug-likeness (QED) is 0.490. The van der Waals surface area contributed by atoms with E-state index in [1.807, 2.05) is 24.3 Å². The van der Waals surface area contributed by atoms with Crippen LogP contribution in [-0.2, 0) is 36.7 Å². The number of aryl methyl sites for hydroxylation is 1. The molecule has 0 spiro atoms. The first-order valence-corrected chi connectivity index (χ1v) is 11.4. The van der Waals surface area contributed by atoms with Crippen molar-refractivity contribution in [2.24, 2.45) is 0 Å². The van der Waals surface area contributed by atoms with E-state index in [1.165, 1.54) is 39.9 Å². The van der Waals surface area contributed by atoms with Crippen LogP contribution < -0.4 is 5.32 Å². The maximum Gasteiger partial charge on any atom is 0.228 e. The van der Waals surface area contributed by atoms with Crippen LogP contribution in [0, 0.1) is 0 Å². The number of methoxy groups -OCH3 is 2. The summed E-state index contributed by atoms with van der Waals surface area (Å²) in [7, 11) is 2.71. The lowest BCUT2D eigenvalue weighted by atomic mass is 9.88. The Morgan fingerprint density at radius 1 is 0.906 bits per heavy atom. The number of hydrogen-bond acceptors (Lipinski definition) is 5. The third-order valence-corrected chi connectivity index (χ3v) is 6.36. The number of ether oxygens (including phenoxy) is 2. The van der Waals surface area contributed by atoms with Gasteiger partial charge in [0.15, 0.2) is 0 Å². The zero-order valence-corrected chi connectivity index (χ0v) is 19.3. The van der Waals surface area contributed by atoms with Crippen LogP contribution in [0.1, 0.15) is 63.0 Å². The molecule has 1 fully saturated rings. The summed E-state index contributed by atoms with van der Waals surface area (Å²) in [6, 6.07) is 8.17. The Morgan fingerprint density at radius 2 is 1.47 bits per heavy atom. The van der Waals surface area contributed by atoms with E-state index in [0.29, 0.717) is 36.5 Å². The van der Waals surface area contributed by atoms with Gasteiger partial charge in [0.05, 0.1) is 14.2 Å². The van der Waals surface area contributed by atoms with E-state index < -0.39 is 0 Å². The molecule has 172 valence electrons. The summed E-state index contributed by atoms with van der Waals surface area (Å²) in [4.78, 5) is 37.7. The first-order valence-electron chi connectivity index (χ1n) is 11.4. The molecule has 0 unspecified atom stereocenters. The molecule has 2 aliphatic rings. The molecule has 1 aromatic rings. The summed E-state index contributed by atoms with van der Waals surface area (Å²) in [6.07, 6.45) is 8.58. The van der Waals surface area contributed by atoms with Crippen molar-refractivity contribution in [2.45, 2.75) is 70.8 Å². The van der Waals surface area contributed by atoms with Crippen molar-refractivity contribution in [1.82, 2.24) is 5.32 Å². The van der Waals surface area contributed by atoms with Gasteiger partial charge in [-0.15, -0.1) is 0 Å². The summed E-state index contributed by atoms with van der Waals surface area (Å²) in [5.41, 5.74) is 2.79. The van der Waals surface area contributed by atoms with Crippen LogP contribution in [0.5, 0.6) is 0 Å². The van der Waals surface area contributed by atoms with Gasteiger partial charge < -0.3 is 14.8 Å². The van der Waals surface area contributed by atoms with E-state index in [1.54, 1.807) is 6.92 Å². The minimum absolute atomic E-state index is 0.0452. The second kappa shape index (κ2) is 11.1. The Kier molecular flexibility index (Phi) is 8.26. The predicted molar refractivity (Wildman–Crippen MR) is 122 cm³/mol. The van der Waals surface area contributed by atoms with Crippen LogP contribution in [0.2, 0.25) is 0 Å². The highest BCUT2D eigenvalue weighted by atomic mass is 16.5. The molecule has 3 rings (SSSR count). The second-order valence-electron chi connectivity index (χ2n) is 8.58. The number of carbonyl (C=O) groups excluding carboxylic acids is 3. The van der Waals surface area contributed by atoms with Gasteiger partial charge in [-0.25, -0.2) is 0 Å². The zero-order valence-electron chi connectivity index (χ0n) is 19.3. The lowest BCUT2D eigenvalue weighted by Gasteiger charge is -2.20. The molecule has 0 aromatic heterocycles. The zero-order chi connectivity index (χ0) is 23.1. The Morgan fingerprint density at radius 3 is 2.06 bits per heavy atom. The van der Waals surface area contributed by atoms with Crippen molar-refractivity contribution in [3.63, 3.8) is 0 Å². The fourth-order valence-corrected chi connectivity index (χ4v) is 4.41. The number of allylic oxidation sites excluding steroid dienone is 2. The van der Waals surface area contributed by atoms with Gasteiger partial charge in [0.25, 0.3) is 0 Å². The first kappa shape index (κ1) is 23.8. The van der Waals surface area contributed by atoms with E-state index in [9.17, 15) is 14.4 Å². The number of hydrogen-bond donors (Lipinski definition) is 1. The lowest BCUT2D eigenvalue weighted by Crippen LogP contribution is -2.34. The number of nitrogens with one attached hydrogen (secondary N) is 1. The van der Waals surface area contributed by atoms with E-state index >= 15 is 0 Å². The number of amides is 1. The minimum atomic E-state index is -0.324. The smallest absolute Gasteiger partial charge is 0.228 e. The third kappa shape index (κ3) is 5.67. The molecule has 1 saturated carbocycles. The molecular formula is C26H33NO5. The molecule has 1 N–H and O–H groups in total. The average molecular weight is 440 g/mol. The van der Waals surface area contributed by atoms with Crippen LogP contribution in [0.15, 0.2) is 46.9 Å². The SMILES string of the molecule is COC1=C(OC)C(=O)C(Cc2ccc(CCC(=O)NC3CCCCCC3)cc2)=C(C)C1=O. The second-order valence-corrected chi connectivity index (χ2v) is 8.58. The molecule has 0 bridgehead atoms. The highest BCUT2D eigenvalue weighted by Crippen LogP contribution is 2.28. The molecule has 1 aromatic carbocycles. The van der Waals surface area contributed by atoms with Crippen molar-refractivity contribution in [1.29, 1.82) is 0 Å². The molecule has 1 amide bonds. The first-order chi connectivity index (χ1) is 15.4. The van der Waals surface area contributed by atoms with Gasteiger partial charge in [-0.05, 0) is 37.3 Å². The van der Waals surface area contributed by atoms with Gasteiger partial charge in [0, 0.05) is 30.0 Å². The molecule has 6 nitrogen and oxygen atoms in total. The largest absolute Gasteiger partial charge is 0.489 e. The van der Waals surface area contributed by atoms with E-state index in [4.69, 9.17) is 9.47 Å². The predicted octanol–water partition coefficient (Wildman–Crippen LogP) is 3.97. The highest BCUT2D eigenvalue weighted by molar-refractivity contribution is 6.23. The minimum Gasteiger partial charge on any atom is -0.489 e. The molecule has 0 radical (unpaired) electrons. The maximum atomic E-state index is 12.8. The van der Waals surface area contributed by atoms with Crippen molar-refractivity contribution in [2.75, 3.05) is 14.2 Å². The average Bonchev–Trinajstić information content (AvgIpc) is 3.07. The number of ketones is 2. The fourth-order valence-electron chi connectivity index (χ4n) is 4.41. The molecular weight excluding hydrogens is 406 g/mol. The van der Waals surface area contributed by atoms with Crippen molar-refractivity contribution in [3.8, 4) is 0 Å². The summed E-state index contributed by atoms with van der Waals surface area (Å²) in [5, 5.41) is 3.19. The summed E-state index contributed by atoms with van der Waals surface area (Å²) < 4.78 is 10.2. The maximum absolute atomic E-state index is 12.8. The van der Waals surface area contributed by atoms with Crippen LogP contribution in [0.4, 0.5) is 0 Å². The van der Waals surface area contributed by atoms with Gasteiger partial charge in [0.1, 0.15) is 0 Å². The van der Waals surface area contributed by atoms with Crippen molar-refractivity contribution >= 4 is 17.5 Å². The molecule has 0 saturated heterocycles. The molecule has 2 aliphatic carbocycles. The van der Waals surface area contributed by atoms with Gasteiger partial charge >= 0.3 is 0 Å². The van der Waals surface area contributed by atoms with Gasteiger partial charge in [0.2, 0.25) is 29.0 Å². The normalized spacial score (nSPS) is 18.0. The standard InChI is InChI=1S/C26H33NO5/c1-17-21(24(30)26(32-3)25(31-2)23(17)29)16-19-12-10-18(11-13-19)14-15-22(28)27-20-8-6-4-5-7-9-20/h10-13,20H,4-9,14-16H2,1-3H3,(H,27,28). The summed E-state index contributed by atoms with van der Waals surface area (Å²) >= 11 is 0.